The maximum absolute atomic E-state index is 14.1. The minimum absolute atomic E-state index is 0.152. The molecule has 1 atom stereocenters. The smallest absolute Gasteiger partial charge is 0.274 e. The van der Waals surface area contributed by atoms with Crippen molar-refractivity contribution < 1.29 is 22.4 Å². The predicted molar refractivity (Wildman–Crippen MR) is 123 cm³/mol. The van der Waals surface area contributed by atoms with Gasteiger partial charge < -0.3 is 4.90 Å². The summed E-state index contributed by atoms with van der Waals surface area (Å²) in [6.45, 7) is 4.03. The predicted octanol–water partition coefficient (Wildman–Crippen LogP) is 3.60. The van der Waals surface area contributed by atoms with Crippen LogP contribution in [-0.4, -0.2) is 26.0 Å². The topological polar surface area (TPSA) is 74.8 Å². The largest absolute Gasteiger partial charge is 0.304 e. The van der Waals surface area contributed by atoms with E-state index in [0.717, 1.165) is 33.7 Å². The Kier molecular flexibility index (Phi) is 4.68. The van der Waals surface area contributed by atoms with Gasteiger partial charge in [-0.2, -0.15) is 0 Å². The van der Waals surface area contributed by atoms with E-state index in [2.05, 4.69) is 0 Å². The van der Waals surface area contributed by atoms with E-state index in [9.17, 15) is 22.4 Å². The number of nitrogens with zero attached hydrogens (tertiary/aromatic N) is 2. The summed E-state index contributed by atoms with van der Waals surface area (Å²) in [5, 5.41) is 0. The molecule has 2 aliphatic heterocycles. The maximum atomic E-state index is 14.1. The van der Waals surface area contributed by atoms with Crippen LogP contribution in [0.3, 0.4) is 0 Å². The van der Waals surface area contributed by atoms with E-state index in [4.69, 9.17) is 0 Å². The highest BCUT2D eigenvalue weighted by Gasteiger charge is 2.69. The summed E-state index contributed by atoms with van der Waals surface area (Å²) in [4.78, 5) is 27.3. The number of fused-ring (bicyclic) bond motifs is 2. The molecule has 0 aromatic heterocycles. The number of aryl methyl sites for hydroxylation is 2. The van der Waals surface area contributed by atoms with Gasteiger partial charge in [-0.1, -0.05) is 42.0 Å². The van der Waals surface area contributed by atoms with Gasteiger partial charge in [0.15, 0.2) is 9.84 Å². The third-order valence-electron chi connectivity index (χ3n) is 6.34. The van der Waals surface area contributed by atoms with Crippen molar-refractivity contribution in [1.82, 2.24) is 0 Å². The third-order valence-corrected chi connectivity index (χ3v) is 8.45. The SMILES string of the molecule is Cc1ccc(C)c(CN2C(=O)C3(c4ccccc42)N(c2ccc(F)cc2)C(=O)CS3(=O)=O)c1. The Balaban J connectivity index is 1.74. The van der Waals surface area contributed by atoms with Crippen molar-refractivity contribution >= 4 is 33.0 Å². The van der Waals surface area contributed by atoms with Crippen LogP contribution in [0.1, 0.15) is 22.3 Å². The van der Waals surface area contributed by atoms with Crippen molar-refractivity contribution in [3.05, 3.63) is 94.8 Å². The molecule has 0 saturated carbocycles. The first kappa shape index (κ1) is 21.3. The zero-order valence-electron chi connectivity index (χ0n) is 18.1. The van der Waals surface area contributed by atoms with Crippen LogP contribution in [-0.2, 0) is 30.8 Å². The molecule has 0 bridgehead atoms. The van der Waals surface area contributed by atoms with E-state index >= 15 is 0 Å². The minimum Gasteiger partial charge on any atom is -0.304 e. The second-order valence-electron chi connectivity index (χ2n) is 8.45. The van der Waals surface area contributed by atoms with Crippen molar-refractivity contribution in [1.29, 1.82) is 0 Å². The molecule has 1 saturated heterocycles. The molecule has 2 amide bonds. The summed E-state index contributed by atoms with van der Waals surface area (Å²) in [5.74, 6) is -2.77. The Morgan fingerprint density at radius 3 is 2.39 bits per heavy atom. The number of para-hydroxylation sites is 1. The van der Waals surface area contributed by atoms with Crippen molar-refractivity contribution in [3.8, 4) is 0 Å². The molecular weight excluding hydrogens is 443 g/mol. The third kappa shape index (κ3) is 2.94. The van der Waals surface area contributed by atoms with Gasteiger partial charge in [-0.3, -0.25) is 14.5 Å². The lowest BCUT2D eigenvalue weighted by Crippen LogP contribution is -2.54. The van der Waals surface area contributed by atoms with E-state index in [-0.39, 0.29) is 17.8 Å². The molecule has 1 spiro atoms. The van der Waals surface area contributed by atoms with Gasteiger partial charge in [0, 0.05) is 11.3 Å². The Morgan fingerprint density at radius 2 is 1.67 bits per heavy atom. The number of rotatable bonds is 3. The lowest BCUT2D eigenvalue weighted by Gasteiger charge is -2.32. The summed E-state index contributed by atoms with van der Waals surface area (Å²) in [5.41, 5.74) is 3.68. The summed E-state index contributed by atoms with van der Waals surface area (Å²) in [7, 11) is -4.26. The first-order valence-electron chi connectivity index (χ1n) is 10.5. The zero-order chi connectivity index (χ0) is 23.5. The van der Waals surface area contributed by atoms with E-state index in [0.29, 0.717) is 5.69 Å². The molecule has 8 heteroatoms. The van der Waals surface area contributed by atoms with Crippen molar-refractivity contribution in [3.63, 3.8) is 0 Å². The second kappa shape index (κ2) is 7.25. The lowest BCUT2D eigenvalue weighted by molar-refractivity contribution is -0.123. The van der Waals surface area contributed by atoms with E-state index < -0.39 is 38.1 Å². The van der Waals surface area contributed by atoms with Crippen LogP contribution in [0.2, 0.25) is 0 Å². The van der Waals surface area contributed by atoms with Crippen LogP contribution in [0.15, 0.2) is 66.7 Å². The molecular formula is C25H21FN2O4S. The Bertz CT molecular complexity index is 1420. The summed E-state index contributed by atoms with van der Waals surface area (Å²) in [6.07, 6.45) is 0. The highest BCUT2D eigenvalue weighted by Crippen LogP contribution is 2.52. The lowest BCUT2D eigenvalue weighted by atomic mass is 10.0. The normalized spacial score (nSPS) is 21.2. The number of carbonyl (C=O) groups excluding carboxylic acids is 2. The number of amides is 2. The molecule has 6 nitrogen and oxygen atoms in total. The monoisotopic (exact) mass is 464 g/mol. The van der Waals surface area contributed by atoms with Gasteiger partial charge >= 0.3 is 0 Å². The van der Waals surface area contributed by atoms with Gasteiger partial charge in [0.25, 0.3) is 10.8 Å². The highest BCUT2D eigenvalue weighted by atomic mass is 32.2. The van der Waals surface area contributed by atoms with Crippen LogP contribution in [0, 0.1) is 19.7 Å². The van der Waals surface area contributed by atoms with Gasteiger partial charge in [-0.25, -0.2) is 12.8 Å². The van der Waals surface area contributed by atoms with Crippen molar-refractivity contribution in [2.75, 3.05) is 15.6 Å². The van der Waals surface area contributed by atoms with Crippen LogP contribution < -0.4 is 9.80 Å². The van der Waals surface area contributed by atoms with E-state index in [1.807, 2.05) is 32.0 Å². The molecule has 3 aromatic rings. The quantitative estimate of drug-likeness (QED) is 0.594. The molecule has 33 heavy (non-hydrogen) atoms. The summed E-state index contributed by atoms with van der Waals surface area (Å²) >= 11 is 0. The van der Waals surface area contributed by atoms with Crippen LogP contribution in [0.5, 0.6) is 0 Å². The second-order valence-corrected chi connectivity index (χ2v) is 10.6. The number of hydrogen-bond donors (Lipinski definition) is 0. The Morgan fingerprint density at radius 1 is 0.970 bits per heavy atom. The molecule has 3 aromatic carbocycles. The minimum atomic E-state index is -4.26. The average Bonchev–Trinajstić information content (AvgIpc) is 3.14. The van der Waals surface area contributed by atoms with Crippen LogP contribution >= 0.6 is 0 Å². The highest BCUT2D eigenvalue weighted by molar-refractivity contribution is 7.94. The number of carbonyl (C=O) groups is 2. The van der Waals surface area contributed by atoms with E-state index in [1.165, 1.54) is 17.0 Å². The fraction of sp³-hybridized carbons (Fsp3) is 0.200. The number of anilines is 2. The first-order chi connectivity index (χ1) is 15.7. The molecule has 1 unspecified atom stereocenters. The number of halogens is 1. The van der Waals surface area contributed by atoms with Gasteiger partial charge in [0.05, 0.1) is 12.2 Å². The van der Waals surface area contributed by atoms with Gasteiger partial charge in [0.1, 0.15) is 11.6 Å². The first-order valence-corrected chi connectivity index (χ1v) is 12.1. The van der Waals surface area contributed by atoms with Gasteiger partial charge in [0.2, 0.25) is 5.91 Å². The van der Waals surface area contributed by atoms with Crippen molar-refractivity contribution in [2.24, 2.45) is 0 Å². The zero-order valence-corrected chi connectivity index (χ0v) is 18.9. The van der Waals surface area contributed by atoms with Gasteiger partial charge in [-0.05, 0) is 55.3 Å². The van der Waals surface area contributed by atoms with Crippen LogP contribution in [0.4, 0.5) is 15.8 Å². The summed E-state index contributed by atoms with van der Waals surface area (Å²) < 4.78 is 40.7. The van der Waals surface area contributed by atoms with Crippen molar-refractivity contribution in [2.45, 2.75) is 25.3 Å². The Labute approximate surface area is 191 Å². The number of sulfone groups is 1. The summed E-state index contributed by atoms with van der Waals surface area (Å²) in [6, 6.07) is 17.4. The van der Waals surface area contributed by atoms with Gasteiger partial charge in [-0.15, -0.1) is 0 Å². The standard InChI is InChI=1S/C25H21FN2O4S/c1-16-7-8-17(2)18(13-16)14-27-22-6-4-3-5-21(22)25(24(27)30)28(23(29)15-33(25,31)32)20-11-9-19(26)10-12-20/h3-13H,14-15H2,1-2H3. The fourth-order valence-electron chi connectivity index (χ4n) is 4.78. The number of hydrogen-bond acceptors (Lipinski definition) is 4. The molecule has 2 heterocycles. The molecule has 0 aliphatic carbocycles. The molecule has 5 rings (SSSR count). The molecule has 2 aliphatic rings. The van der Waals surface area contributed by atoms with Crippen LogP contribution in [0.25, 0.3) is 0 Å². The average molecular weight is 465 g/mol. The fourth-order valence-corrected chi connectivity index (χ4v) is 6.81. The maximum Gasteiger partial charge on any atom is 0.274 e. The molecule has 168 valence electrons. The molecule has 0 N–H and O–H groups in total. The number of benzene rings is 3. The Hall–Kier alpha value is -3.52. The molecule has 0 radical (unpaired) electrons. The van der Waals surface area contributed by atoms with E-state index in [1.54, 1.807) is 24.3 Å². The molecule has 1 fully saturated rings.